The molecule has 0 aliphatic rings. The van der Waals surface area contributed by atoms with E-state index in [4.69, 9.17) is 5.11 Å². The number of rotatable bonds is 15. The summed E-state index contributed by atoms with van der Waals surface area (Å²) in [6, 6.07) is -0.822. The molecule has 0 aromatic heterocycles. The number of nitrogens with one attached hydrogen (secondary N) is 1. The van der Waals surface area contributed by atoms with Gasteiger partial charge in [-0.05, 0) is 73.1 Å². The highest BCUT2D eigenvalue weighted by Gasteiger charge is 2.17. The van der Waals surface area contributed by atoms with Crippen LogP contribution in [0.4, 0.5) is 0 Å². The lowest BCUT2D eigenvalue weighted by Gasteiger charge is -2.12. The Balaban J connectivity index is 4.12. The summed E-state index contributed by atoms with van der Waals surface area (Å²) in [5, 5.41) is 11.6. The van der Waals surface area contributed by atoms with Gasteiger partial charge in [-0.25, -0.2) is 4.79 Å². The smallest absolute Gasteiger partial charge is 0.327 e. The third-order valence-electron chi connectivity index (χ3n) is 4.66. The second kappa shape index (κ2) is 17.0. The molecule has 0 fully saturated rings. The van der Waals surface area contributed by atoms with Crippen LogP contribution >= 0.6 is 11.8 Å². The first kappa shape index (κ1) is 28.2. The number of amides is 1. The lowest BCUT2D eigenvalue weighted by Crippen LogP contribution is -2.41. The predicted octanol–water partition coefficient (Wildman–Crippen LogP) is 6.45. The van der Waals surface area contributed by atoms with Crippen LogP contribution in [0, 0.1) is 0 Å². The molecular weight excluding hydrogens is 394 g/mol. The van der Waals surface area contributed by atoms with Gasteiger partial charge in [0.25, 0.3) is 0 Å². The Morgan fingerprint density at radius 2 is 1.27 bits per heavy atom. The number of hydrogen-bond acceptors (Lipinski definition) is 3. The first-order chi connectivity index (χ1) is 14.1. The zero-order valence-electron chi connectivity index (χ0n) is 19.7. The Morgan fingerprint density at radius 3 is 1.70 bits per heavy atom. The van der Waals surface area contributed by atoms with Gasteiger partial charge in [0.2, 0.25) is 5.91 Å². The summed E-state index contributed by atoms with van der Waals surface area (Å²) in [6.07, 6.45) is 15.7. The van der Waals surface area contributed by atoms with Gasteiger partial charge < -0.3 is 10.4 Å². The van der Waals surface area contributed by atoms with Crippen molar-refractivity contribution in [3.05, 3.63) is 46.6 Å². The van der Waals surface area contributed by atoms with E-state index in [1.807, 2.05) is 0 Å². The van der Waals surface area contributed by atoms with E-state index in [0.717, 1.165) is 44.3 Å². The third kappa shape index (κ3) is 17.1. The van der Waals surface area contributed by atoms with E-state index < -0.39 is 12.0 Å². The topological polar surface area (TPSA) is 66.4 Å². The highest BCUT2D eigenvalue weighted by Crippen LogP contribution is 2.14. The van der Waals surface area contributed by atoms with E-state index in [2.05, 4.69) is 64.2 Å². The molecule has 0 aromatic rings. The summed E-state index contributed by atoms with van der Waals surface area (Å²) in [7, 11) is 0. The molecule has 0 rings (SSSR count). The van der Waals surface area contributed by atoms with Crippen molar-refractivity contribution in [1.29, 1.82) is 0 Å². The van der Waals surface area contributed by atoms with Crippen molar-refractivity contribution in [2.75, 3.05) is 11.5 Å². The molecule has 0 aliphatic carbocycles. The minimum atomic E-state index is -0.989. The van der Waals surface area contributed by atoms with Crippen LogP contribution in [-0.2, 0) is 9.59 Å². The fourth-order valence-electron chi connectivity index (χ4n) is 2.79. The lowest BCUT2D eigenvalue weighted by molar-refractivity contribution is -0.140. The maximum absolute atomic E-state index is 11.1. The molecule has 1 atom stereocenters. The number of carboxylic acid groups (broad SMARTS) is 1. The second-order valence-corrected chi connectivity index (χ2v) is 9.25. The number of carbonyl (C=O) groups is 2. The third-order valence-corrected chi connectivity index (χ3v) is 5.64. The van der Waals surface area contributed by atoms with Gasteiger partial charge in [-0.1, -0.05) is 46.6 Å². The minimum absolute atomic E-state index is 0.314. The number of thioether (sulfide) groups is 1. The molecule has 1 unspecified atom stereocenters. The van der Waals surface area contributed by atoms with E-state index in [0.29, 0.717) is 5.75 Å². The predicted molar refractivity (Wildman–Crippen MR) is 131 cm³/mol. The van der Waals surface area contributed by atoms with E-state index in [-0.39, 0.29) is 5.91 Å². The molecule has 1 amide bonds. The van der Waals surface area contributed by atoms with Crippen molar-refractivity contribution in [2.24, 2.45) is 0 Å². The molecular formula is C25H41NO3S. The quantitative estimate of drug-likeness (QED) is 0.229. The standard InChI is InChI=1S/C25H41NO3S/c1-19(2)10-7-11-20(3)12-8-13-21(4)14-9-15-22(5)16-17-30-18-24(25(28)29)26-23(6)27/h10,12,14,16,24H,7-9,11,13,15,17-18H2,1-6H3,(H,26,27)(H,28,29)/b20-12+,21-14+,22-16-. The molecule has 0 bridgehead atoms. The van der Waals surface area contributed by atoms with Gasteiger partial charge in [0.1, 0.15) is 6.04 Å². The van der Waals surface area contributed by atoms with Crippen molar-refractivity contribution in [2.45, 2.75) is 86.1 Å². The van der Waals surface area contributed by atoms with Crippen LogP contribution in [0.15, 0.2) is 46.6 Å². The molecule has 0 heterocycles. The Bertz CT molecular complexity index is 655. The Morgan fingerprint density at radius 1 is 0.800 bits per heavy atom. The van der Waals surface area contributed by atoms with E-state index in [9.17, 15) is 9.59 Å². The first-order valence-electron chi connectivity index (χ1n) is 10.8. The number of hydrogen-bond donors (Lipinski definition) is 2. The molecule has 0 radical (unpaired) electrons. The van der Waals surface area contributed by atoms with E-state index in [1.165, 1.54) is 41.0 Å². The summed E-state index contributed by atoms with van der Waals surface area (Å²) < 4.78 is 0. The average molecular weight is 436 g/mol. The largest absolute Gasteiger partial charge is 0.480 e. The summed E-state index contributed by atoms with van der Waals surface area (Å²) in [5.41, 5.74) is 5.61. The van der Waals surface area contributed by atoms with Crippen LogP contribution < -0.4 is 5.32 Å². The van der Waals surface area contributed by atoms with Crippen LogP contribution in [0.1, 0.15) is 80.1 Å². The number of carbonyl (C=O) groups excluding carboxylic acids is 1. The number of carboxylic acids is 1. The molecule has 30 heavy (non-hydrogen) atoms. The van der Waals surface area contributed by atoms with Gasteiger partial charge in [0, 0.05) is 18.4 Å². The summed E-state index contributed by atoms with van der Waals surface area (Å²) in [4.78, 5) is 22.1. The van der Waals surface area contributed by atoms with Crippen molar-refractivity contribution in [3.8, 4) is 0 Å². The summed E-state index contributed by atoms with van der Waals surface area (Å²) >= 11 is 1.52. The monoisotopic (exact) mass is 435 g/mol. The maximum Gasteiger partial charge on any atom is 0.327 e. The lowest BCUT2D eigenvalue weighted by atomic mass is 10.0. The molecule has 0 aromatic carbocycles. The van der Waals surface area contributed by atoms with Gasteiger partial charge in [-0.2, -0.15) is 11.8 Å². The Kier molecular flexibility index (Phi) is 16.0. The van der Waals surface area contributed by atoms with Crippen molar-refractivity contribution >= 4 is 23.6 Å². The fraction of sp³-hybridized carbons (Fsp3) is 0.600. The van der Waals surface area contributed by atoms with Crippen molar-refractivity contribution < 1.29 is 14.7 Å². The summed E-state index contributed by atoms with van der Waals surface area (Å²) in [6.45, 7) is 12.2. The van der Waals surface area contributed by atoms with Gasteiger partial charge >= 0.3 is 5.97 Å². The van der Waals surface area contributed by atoms with Gasteiger partial charge in [-0.15, -0.1) is 0 Å². The van der Waals surface area contributed by atoms with Gasteiger partial charge in [0.05, 0.1) is 0 Å². The van der Waals surface area contributed by atoms with Crippen LogP contribution in [-0.4, -0.2) is 34.5 Å². The van der Waals surface area contributed by atoms with E-state index in [1.54, 1.807) is 0 Å². The second-order valence-electron chi connectivity index (χ2n) is 8.18. The molecule has 4 nitrogen and oxygen atoms in total. The van der Waals surface area contributed by atoms with Gasteiger partial charge in [-0.3, -0.25) is 4.79 Å². The molecule has 170 valence electrons. The SMILES string of the molecule is CC(=O)NC(CSC/C=C(/C)CC/C=C(\C)CC/C=C(\C)CCC=C(C)C)C(=O)O. The summed E-state index contributed by atoms with van der Waals surface area (Å²) in [5.74, 6) is -0.170. The first-order valence-corrected chi connectivity index (χ1v) is 11.9. The molecule has 0 aliphatic heterocycles. The van der Waals surface area contributed by atoms with Crippen molar-refractivity contribution in [3.63, 3.8) is 0 Å². The zero-order chi connectivity index (χ0) is 22.9. The molecule has 0 saturated carbocycles. The van der Waals surface area contributed by atoms with Crippen LogP contribution in [0.25, 0.3) is 0 Å². The zero-order valence-corrected chi connectivity index (χ0v) is 20.5. The van der Waals surface area contributed by atoms with Crippen molar-refractivity contribution in [1.82, 2.24) is 5.32 Å². The Labute approximate surface area is 188 Å². The normalized spacial score (nSPS) is 13.7. The average Bonchev–Trinajstić information content (AvgIpc) is 2.63. The number of allylic oxidation sites excluding steroid dienone is 7. The van der Waals surface area contributed by atoms with Crippen LogP contribution in [0.2, 0.25) is 0 Å². The van der Waals surface area contributed by atoms with Crippen LogP contribution in [0.3, 0.4) is 0 Å². The minimum Gasteiger partial charge on any atom is -0.480 e. The highest BCUT2D eigenvalue weighted by molar-refractivity contribution is 7.99. The number of aliphatic carboxylic acids is 1. The molecule has 0 saturated heterocycles. The molecule has 2 N–H and O–H groups in total. The molecule has 5 heteroatoms. The van der Waals surface area contributed by atoms with Crippen LogP contribution in [0.5, 0.6) is 0 Å². The fourth-order valence-corrected chi connectivity index (χ4v) is 3.79. The van der Waals surface area contributed by atoms with Gasteiger partial charge in [0.15, 0.2) is 0 Å². The Hall–Kier alpha value is -1.75. The highest BCUT2D eigenvalue weighted by atomic mass is 32.2. The maximum atomic E-state index is 11.1. The van der Waals surface area contributed by atoms with E-state index >= 15 is 0 Å². The molecule has 0 spiro atoms.